The van der Waals surface area contributed by atoms with Gasteiger partial charge in [0.2, 0.25) is 5.91 Å². The van der Waals surface area contributed by atoms with Crippen molar-refractivity contribution in [2.45, 2.75) is 5.03 Å². The molecule has 0 unspecified atom stereocenters. The zero-order valence-electron chi connectivity index (χ0n) is 10.4. The van der Waals surface area contributed by atoms with Crippen LogP contribution < -0.4 is 4.90 Å². The first-order valence-corrected chi connectivity index (χ1v) is 6.86. The molecule has 0 spiro atoms. The summed E-state index contributed by atoms with van der Waals surface area (Å²) in [5, 5.41) is 0.913. The SMILES string of the molecule is CN1C(=O)CSc2ccc(C=O)n2-c2ccccc21. The number of carbonyl (C=O) groups excluding carboxylic acids is 2. The number of fused-ring (bicyclic) bond motifs is 3. The Morgan fingerprint density at radius 3 is 2.63 bits per heavy atom. The van der Waals surface area contributed by atoms with Crippen molar-refractivity contribution in [3.63, 3.8) is 0 Å². The highest BCUT2D eigenvalue weighted by molar-refractivity contribution is 8.00. The summed E-state index contributed by atoms with van der Waals surface area (Å²) in [7, 11) is 1.76. The van der Waals surface area contributed by atoms with E-state index in [-0.39, 0.29) is 5.91 Å². The van der Waals surface area contributed by atoms with Crippen LogP contribution in [0.2, 0.25) is 0 Å². The third-order valence-corrected chi connectivity index (χ3v) is 4.20. The number of carbonyl (C=O) groups is 2. The molecule has 0 bridgehead atoms. The molecule has 0 N–H and O–H groups in total. The van der Waals surface area contributed by atoms with Gasteiger partial charge in [-0.3, -0.25) is 14.2 Å². The maximum absolute atomic E-state index is 12.0. The molecule has 1 aliphatic rings. The molecule has 0 atom stereocenters. The maximum Gasteiger partial charge on any atom is 0.237 e. The van der Waals surface area contributed by atoms with Crippen LogP contribution in [0.4, 0.5) is 5.69 Å². The minimum absolute atomic E-state index is 0.0533. The Labute approximate surface area is 115 Å². The van der Waals surface area contributed by atoms with Crippen LogP contribution in [0.5, 0.6) is 0 Å². The molecule has 2 heterocycles. The molecule has 3 rings (SSSR count). The Hall–Kier alpha value is -2.01. The summed E-state index contributed by atoms with van der Waals surface area (Å²) in [5.41, 5.74) is 2.26. The van der Waals surface area contributed by atoms with Gasteiger partial charge in [-0.1, -0.05) is 23.9 Å². The van der Waals surface area contributed by atoms with Gasteiger partial charge in [0.1, 0.15) is 0 Å². The van der Waals surface area contributed by atoms with Gasteiger partial charge in [0, 0.05) is 7.05 Å². The van der Waals surface area contributed by atoms with E-state index in [0.29, 0.717) is 11.4 Å². The van der Waals surface area contributed by atoms with Gasteiger partial charge >= 0.3 is 0 Å². The number of hydrogen-bond donors (Lipinski definition) is 0. The van der Waals surface area contributed by atoms with Crippen molar-refractivity contribution in [3.05, 3.63) is 42.1 Å². The van der Waals surface area contributed by atoms with Crippen LogP contribution in [0.1, 0.15) is 10.5 Å². The van der Waals surface area contributed by atoms with Crippen LogP contribution >= 0.6 is 11.8 Å². The predicted octanol–water partition coefficient (Wildman–Crippen LogP) is 2.36. The van der Waals surface area contributed by atoms with E-state index in [9.17, 15) is 9.59 Å². The summed E-state index contributed by atoms with van der Waals surface area (Å²) in [6, 6.07) is 11.3. The Morgan fingerprint density at radius 2 is 1.89 bits per heavy atom. The average Bonchev–Trinajstić information content (AvgIpc) is 2.85. The summed E-state index contributed by atoms with van der Waals surface area (Å²) in [5.74, 6) is 0.421. The molecule has 0 aliphatic carbocycles. The summed E-state index contributed by atoms with van der Waals surface area (Å²) in [4.78, 5) is 24.9. The van der Waals surface area contributed by atoms with Crippen LogP contribution in [-0.2, 0) is 4.79 Å². The first-order chi connectivity index (χ1) is 9.22. The van der Waals surface area contributed by atoms with Crippen LogP contribution in [0.3, 0.4) is 0 Å². The fourth-order valence-electron chi connectivity index (χ4n) is 2.20. The number of hydrogen-bond acceptors (Lipinski definition) is 3. The van der Waals surface area contributed by atoms with Crippen molar-refractivity contribution < 1.29 is 9.59 Å². The zero-order chi connectivity index (χ0) is 13.4. The second kappa shape index (κ2) is 4.59. The third-order valence-electron chi connectivity index (χ3n) is 3.20. The summed E-state index contributed by atoms with van der Waals surface area (Å²) < 4.78 is 1.90. The summed E-state index contributed by atoms with van der Waals surface area (Å²) in [6.45, 7) is 0. The van der Waals surface area contributed by atoms with E-state index >= 15 is 0 Å². The molecule has 0 fully saturated rings. The summed E-state index contributed by atoms with van der Waals surface area (Å²) in [6.07, 6.45) is 0.838. The molecule has 1 amide bonds. The molecular weight excluding hydrogens is 260 g/mol. The van der Waals surface area contributed by atoms with Crippen molar-refractivity contribution in [2.75, 3.05) is 17.7 Å². The largest absolute Gasteiger partial charge is 0.313 e. The Bertz CT molecular complexity index is 663. The van der Waals surface area contributed by atoms with E-state index in [1.807, 2.05) is 34.9 Å². The van der Waals surface area contributed by atoms with Gasteiger partial charge in [-0.05, 0) is 24.3 Å². The third kappa shape index (κ3) is 1.86. The maximum atomic E-state index is 12.0. The normalized spacial score (nSPS) is 14.4. The van der Waals surface area contributed by atoms with Crippen molar-refractivity contribution in [1.29, 1.82) is 0 Å². The average molecular weight is 272 g/mol. The molecule has 0 radical (unpaired) electrons. The highest BCUT2D eigenvalue weighted by Crippen LogP contribution is 2.33. The number of amides is 1. The lowest BCUT2D eigenvalue weighted by Gasteiger charge is -2.25. The van der Waals surface area contributed by atoms with Crippen LogP contribution in [0, 0.1) is 0 Å². The number of benzene rings is 1. The minimum Gasteiger partial charge on any atom is -0.313 e. The van der Waals surface area contributed by atoms with Crippen LogP contribution in [0.15, 0.2) is 41.4 Å². The van der Waals surface area contributed by atoms with Gasteiger partial charge in [0.15, 0.2) is 6.29 Å². The van der Waals surface area contributed by atoms with E-state index in [1.54, 1.807) is 18.0 Å². The van der Waals surface area contributed by atoms with Gasteiger partial charge in [-0.25, -0.2) is 0 Å². The van der Waals surface area contributed by atoms with E-state index < -0.39 is 0 Å². The van der Waals surface area contributed by atoms with Gasteiger partial charge < -0.3 is 4.90 Å². The van der Waals surface area contributed by atoms with Gasteiger partial charge in [-0.15, -0.1) is 0 Å². The zero-order valence-corrected chi connectivity index (χ0v) is 11.2. The van der Waals surface area contributed by atoms with Gasteiger partial charge in [0.05, 0.1) is 27.8 Å². The quantitative estimate of drug-likeness (QED) is 0.748. The predicted molar refractivity (Wildman–Crippen MR) is 75.3 cm³/mol. The van der Waals surface area contributed by atoms with E-state index in [1.165, 1.54) is 11.8 Å². The molecule has 4 nitrogen and oxygen atoms in total. The van der Waals surface area contributed by atoms with Crippen molar-refractivity contribution in [3.8, 4) is 5.69 Å². The number of aldehydes is 1. The Balaban J connectivity index is 2.31. The number of anilines is 1. The Morgan fingerprint density at radius 1 is 1.16 bits per heavy atom. The molecule has 0 saturated carbocycles. The minimum atomic E-state index is 0.0533. The molecule has 0 saturated heterocycles. The van der Waals surface area contributed by atoms with E-state index in [2.05, 4.69) is 0 Å². The number of thioether (sulfide) groups is 1. The molecule has 1 aliphatic heterocycles. The first kappa shape index (κ1) is 12.0. The lowest BCUT2D eigenvalue weighted by Crippen LogP contribution is -2.30. The monoisotopic (exact) mass is 272 g/mol. The van der Waals surface area contributed by atoms with Crippen molar-refractivity contribution >= 4 is 29.6 Å². The van der Waals surface area contributed by atoms with E-state index in [4.69, 9.17) is 0 Å². The second-order valence-corrected chi connectivity index (χ2v) is 5.28. The molecule has 19 heavy (non-hydrogen) atoms. The van der Waals surface area contributed by atoms with Crippen LogP contribution in [-0.4, -0.2) is 29.6 Å². The van der Waals surface area contributed by atoms with E-state index in [0.717, 1.165) is 22.7 Å². The molecule has 1 aromatic heterocycles. The van der Waals surface area contributed by atoms with Crippen LogP contribution in [0.25, 0.3) is 5.69 Å². The van der Waals surface area contributed by atoms with Crippen molar-refractivity contribution in [2.24, 2.45) is 0 Å². The molecular formula is C14H12N2O2S. The van der Waals surface area contributed by atoms with Crippen molar-refractivity contribution in [1.82, 2.24) is 4.57 Å². The summed E-state index contributed by atoms with van der Waals surface area (Å²) >= 11 is 1.45. The molecule has 5 heteroatoms. The second-order valence-electron chi connectivity index (χ2n) is 4.28. The van der Waals surface area contributed by atoms with Gasteiger partial charge in [0.25, 0.3) is 0 Å². The first-order valence-electron chi connectivity index (χ1n) is 5.88. The highest BCUT2D eigenvalue weighted by atomic mass is 32.2. The lowest BCUT2D eigenvalue weighted by molar-refractivity contribution is -0.115. The topological polar surface area (TPSA) is 42.3 Å². The molecule has 1 aromatic carbocycles. The van der Waals surface area contributed by atoms with Gasteiger partial charge in [-0.2, -0.15) is 0 Å². The lowest BCUT2D eigenvalue weighted by atomic mass is 10.2. The fourth-order valence-corrected chi connectivity index (χ4v) is 3.16. The highest BCUT2D eigenvalue weighted by Gasteiger charge is 2.22. The fraction of sp³-hybridized carbons (Fsp3) is 0.143. The molecule has 2 aromatic rings. The smallest absolute Gasteiger partial charge is 0.237 e. The standard InChI is InChI=1S/C14H12N2O2S/c1-15-11-4-2-3-5-12(11)16-10(8-17)6-7-14(16)19-9-13(15)18/h2-8H,9H2,1H3. The number of rotatable bonds is 1. The molecule has 96 valence electrons. The Kier molecular flexibility index (Phi) is 2.91. The number of para-hydroxylation sites is 2. The number of aromatic nitrogens is 1. The number of nitrogens with zero attached hydrogens (tertiary/aromatic N) is 2.